The van der Waals surface area contributed by atoms with E-state index in [0.29, 0.717) is 16.3 Å². The summed E-state index contributed by atoms with van der Waals surface area (Å²) in [6, 6.07) is 6.20. The van der Waals surface area contributed by atoms with Gasteiger partial charge in [-0.05, 0) is 18.2 Å². The average molecular weight is 385 g/mol. The van der Waals surface area contributed by atoms with Crippen LogP contribution in [0.5, 0.6) is 5.75 Å². The predicted molar refractivity (Wildman–Crippen MR) is 94.0 cm³/mol. The predicted octanol–water partition coefficient (Wildman–Crippen LogP) is 4.26. The minimum Gasteiger partial charge on any atom is -0.495 e. The molecule has 11 heteroatoms. The maximum Gasteiger partial charge on any atom is 0.301 e. The second-order valence-corrected chi connectivity index (χ2v) is 5.44. The molecule has 0 spiro atoms. The molecule has 2 aromatic carbocycles. The van der Waals surface area contributed by atoms with Crippen molar-refractivity contribution in [3.8, 4) is 5.75 Å². The van der Waals surface area contributed by atoms with Crippen molar-refractivity contribution in [1.82, 2.24) is 0 Å². The second-order valence-electron chi connectivity index (χ2n) is 4.60. The van der Waals surface area contributed by atoms with E-state index in [9.17, 15) is 20.2 Å². The Morgan fingerprint density at radius 2 is 1.88 bits per heavy atom. The van der Waals surface area contributed by atoms with Crippen LogP contribution in [0.15, 0.2) is 35.4 Å². The first-order valence-corrected chi connectivity index (χ1v) is 7.34. The van der Waals surface area contributed by atoms with Gasteiger partial charge in [0.2, 0.25) is 0 Å². The number of hydrogen-bond donors (Lipinski definition) is 1. The third-order valence-electron chi connectivity index (χ3n) is 3.02. The molecule has 0 heterocycles. The Labute approximate surface area is 151 Å². The van der Waals surface area contributed by atoms with Gasteiger partial charge in [0.05, 0.1) is 34.3 Å². The number of non-ortho nitro benzene ring substituents is 1. The molecule has 25 heavy (non-hydrogen) atoms. The molecule has 0 radical (unpaired) electrons. The molecule has 2 aromatic rings. The fourth-order valence-electron chi connectivity index (χ4n) is 1.94. The number of rotatable bonds is 6. The summed E-state index contributed by atoms with van der Waals surface area (Å²) >= 11 is 11.9. The molecule has 0 unspecified atom stereocenters. The number of nitrogens with one attached hydrogen (secondary N) is 1. The standard InChI is InChI=1S/C14H10Cl2N4O5/c1-25-14-8(4-9(15)5-11(14)16)7-17-18-12-3-2-10(19(21)22)6-13(12)20(23)24/h2-7,18H,1H3. The molecule has 0 aliphatic rings. The van der Waals surface area contributed by atoms with Gasteiger partial charge in [0, 0.05) is 16.7 Å². The first-order chi connectivity index (χ1) is 11.8. The third kappa shape index (κ3) is 4.34. The van der Waals surface area contributed by atoms with Gasteiger partial charge in [-0.2, -0.15) is 5.10 Å². The van der Waals surface area contributed by atoms with Crippen molar-refractivity contribution in [2.75, 3.05) is 12.5 Å². The van der Waals surface area contributed by atoms with E-state index in [-0.39, 0.29) is 10.7 Å². The zero-order valence-electron chi connectivity index (χ0n) is 12.6. The third-order valence-corrected chi connectivity index (χ3v) is 3.52. The summed E-state index contributed by atoms with van der Waals surface area (Å²) in [6.45, 7) is 0. The highest BCUT2D eigenvalue weighted by Crippen LogP contribution is 2.32. The Morgan fingerprint density at radius 3 is 2.48 bits per heavy atom. The molecule has 0 aliphatic carbocycles. The van der Waals surface area contributed by atoms with E-state index in [2.05, 4.69) is 10.5 Å². The number of hydrogen-bond acceptors (Lipinski definition) is 7. The van der Waals surface area contributed by atoms with Crippen LogP contribution in [0.1, 0.15) is 5.56 Å². The van der Waals surface area contributed by atoms with Gasteiger partial charge < -0.3 is 4.74 Å². The summed E-state index contributed by atoms with van der Waals surface area (Å²) in [5.41, 5.74) is 2.01. The molecule has 0 fully saturated rings. The molecule has 0 saturated carbocycles. The fourth-order valence-corrected chi connectivity index (χ4v) is 2.53. The van der Waals surface area contributed by atoms with E-state index >= 15 is 0 Å². The summed E-state index contributed by atoms with van der Waals surface area (Å²) in [6.07, 6.45) is 1.31. The lowest BCUT2D eigenvalue weighted by molar-refractivity contribution is -0.393. The summed E-state index contributed by atoms with van der Waals surface area (Å²) in [5, 5.41) is 26.3. The lowest BCUT2D eigenvalue weighted by Crippen LogP contribution is -1.99. The molecule has 0 bridgehead atoms. The molecule has 0 saturated heterocycles. The van der Waals surface area contributed by atoms with Gasteiger partial charge in [-0.25, -0.2) is 0 Å². The number of anilines is 1. The van der Waals surface area contributed by atoms with Crippen molar-refractivity contribution in [1.29, 1.82) is 0 Å². The van der Waals surface area contributed by atoms with E-state index < -0.39 is 21.2 Å². The lowest BCUT2D eigenvalue weighted by atomic mass is 10.2. The molecule has 0 amide bonds. The van der Waals surface area contributed by atoms with Crippen molar-refractivity contribution in [3.05, 3.63) is 66.2 Å². The normalized spacial score (nSPS) is 10.7. The second kappa shape index (κ2) is 7.77. The largest absolute Gasteiger partial charge is 0.495 e. The van der Waals surface area contributed by atoms with Crippen LogP contribution < -0.4 is 10.2 Å². The number of ether oxygens (including phenoxy) is 1. The number of nitro groups is 2. The van der Waals surface area contributed by atoms with Gasteiger partial charge in [0.15, 0.2) is 0 Å². The van der Waals surface area contributed by atoms with Crippen LogP contribution in [-0.4, -0.2) is 23.2 Å². The highest BCUT2D eigenvalue weighted by molar-refractivity contribution is 6.36. The Morgan fingerprint density at radius 1 is 1.16 bits per heavy atom. The topological polar surface area (TPSA) is 120 Å². The molecular formula is C14H10Cl2N4O5. The summed E-state index contributed by atoms with van der Waals surface area (Å²) in [4.78, 5) is 20.3. The van der Waals surface area contributed by atoms with Gasteiger partial charge in [-0.1, -0.05) is 23.2 Å². The molecule has 0 aliphatic heterocycles. The van der Waals surface area contributed by atoms with Crippen molar-refractivity contribution in [3.63, 3.8) is 0 Å². The highest BCUT2D eigenvalue weighted by atomic mass is 35.5. The number of nitro benzene ring substituents is 2. The monoisotopic (exact) mass is 384 g/mol. The van der Waals surface area contributed by atoms with Crippen molar-refractivity contribution in [2.24, 2.45) is 5.10 Å². The Kier molecular flexibility index (Phi) is 5.73. The quantitative estimate of drug-likeness (QED) is 0.451. The van der Waals surface area contributed by atoms with Gasteiger partial charge in [0.1, 0.15) is 11.4 Å². The van der Waals surface area contributed by atoms with Gasteiger partial charge in [0.25, 0.3) is 5.69 Å². The van der Waals surface area contributed by atoms with Crippen LogP contribution in [0.2, 0.25) is 10.0 Å². The molecular weight excluding hydrogens is 375 g/mol. The molecule has 2 rings (SSSR count). The maximum atomic E-state index is 11.1. The van der Waals surface area contributed by atoms with E-state index in [4.69, 9.17) is 27.9 Å². The van der Waals surface area contributed by atoms with E-state index in [1.807, 2.05) is 0 Å². The minimum atomic E-state index is -0.748. The van der Waals surface area contributed by atoms with Crippen LogP contribution in [-0.2, 0) is 0 Å². The zero-order chi connectivity index (χ0) is 18.6. The molecule has 0 atom stereocenters. The number of benzene rings is 2. The molecule has 1 N–H and O–H groups in total. The fraction of sp³-hybridized carbons (Fsp3) is 0.0714. The summed E-state index contributed by atoms with van der Waals surface area (Å²) < 4.78 is 5.15. The molecule has 130 valence electrons. The Hall–Kier alpha value is -2.91. The van der Waals surface area contributed by atoms with Crippen molar-refractivity contribution < 1.29 is 14.6 Å². The van der Waals surface area contributed by atoms with Crippen molar-refractivity contribution >= 4 is 46.5 Å². The van der Waals surface area contributed by atoms with Crippen molar-refractivity contribution in [2.45, 2.75) is 0 Å². The Bertz CT molecular complexity index is 873. The number of methoxy groups -OCH3 is 1. The zero-order valence-corrected chi connectivity index (χ0v) is 14.1. The van der Waals surface area contributed by atoms with E-state index in [1.165, 1.54) is 25.5 Å². The maximum absolute atomic E-state index is 11.1. The average Bonchev–Trinajstić information content (AvgIpc) is 2.54. The number of hydrazone groups is 1. The highest BCUT2D eigenvalue weighted by Gasteiger charge is 2.19. The number of halogens is 2. The van der Waals surface area contributed by atoms with Gasteiger partial charge in [-0.15, -0.1) is 0 Å². The Balaban J connectivity index is 2.31. The smallest absolute Gasteiger partial charge is 0.301 e. The number of nitrogens with zero attached hydrogens (tertiary/aromatic N) is 3. The lowest BCUT2D eigenvalue weighted by Gasteiger charge is -2.07. The van der Waals surface area contributed by atoms with Crippen LogP contribution in [0.3, 0.4) is 0 Å². The van der Waals surface area contributed by atoms with Gasteiger partial charge >= 0.3 is 5.69 Å². The minimum absolute atomic E-state index is 0.0149. The molecule has 9 nitrogen and oxygen atoms in total. The van der Waals surface area contributed by atoms with Crippen LogP contribution in [0, 0.1) is 20.2 Å². The first-order valence-electron chi connectivity index (χ1n) is 6.58. The molecule has 0 aromatic heterocycles. The van der Waals surface area contributed by atoms with E-state index in [0.717, 1.165) is 12.1 Å². The first kappa shape index (κ1) is 18.4. The van der Waals surface area contributed by atoms with E-state index in [1.54, 1.807) is 6.07 Å². The SMILES string of the molecule is COc1c(Cl)cc(Cl)cc1C=NNc1ccc([N+](=O)[O-])cc1[N+](=O)[O-]. The summed E-state index contributed by atoms with van der Waals surface area (Å²) in [7, 11) is 1.42. The van der Waals surface area contributed by atoms with Crippen LogP contribution >= 0.6 is 23.2 Å². The summed E-state index contributed by atoms with van der Waals surface area (Å²) in [5.74, 6) is 0.329. The van der Waals surface area contributed by atoms with Crippen LogP contribution in [0.4, 0.5) is 17.1 Å². The van der Waals surface area contributed by atoms with Gasteiger partial charge in [-0.3, -0.25) is 25.7 Å². The van der Waals surface area contributed by atoms with Crippen LogP contribution in [0.25, 0.3) is 0 Å².